The number of hydrogen-bond donors (Lipinski definition) is 1. The van der Waals surface area contributed by atoms with E-state index >= 15 is 0 Å². The van der Waals surface area contributed by atoms with Crippen LogP contribution in [-0.4, -0.2) is 30.7 Å². The van der Waals surface area contributed by atoms with Crippen molar-refractivity contribution in [3.05, 3.63) is 60.2 Å². The predicted molar refractivity (Wildman–Crippen MR) is 120 cm³/mol. The van der Waals surface area contributed by atoms with Gasteiger partial charge < -0.3 is 19.3 Å². The van der Waals surface area contributed by atoms with Gasteiger partial charge in [0.05, 0.1) is 6.61 Å². The molecule has 0 heterocycles. The second-order valence-electron chi connectivity index (χ2n) is 8.10. The zero-order valence-electron chi connectivity index (χ0n) is 18.4. The maximum Gasteiger partial charge on any atom is 0.407 e. The summed E-state index contributed by atoms with van der Waals surface area (Å²) >= 11 is 0. The van der Waals surface area contributed by atoms with Crippen molar-refractivity contribution in [1.29, 1.82) is 0 Å². The molecule has 0 spiro atoms. The minimum Gasteiger partial charge on any atom is -0.483 e. The van der Waals surface area contributed by atoms with Crippen molar-refractivity contribution in [2.45, 2.75) is 52.7 Å². The molecule has 0 bridgehead atoms. The number of carbonyl (C=O) groups excluding carboxylic acids is 1. The minimum atomic E-state index is -3.15. The van der Waals surface area contributed by atoms with Crippen molar-refractivity contribution >= 4 is 18.8 Å². The molecular formula is C23H32NO5P. The van der Waals surface area contributed by atoms with Crippen LogP contribution in [0.5, 0.6) is 5.75 Å². The molecule has 7 heteroatoms. The van der Waals surface area contributed by atoms with Crippen LogP contribution in [-0.2, 0) is 20.2 Å². The summed E-state index contributed by atoms with van der Waals surface area (Å²) in [6, 6.07) is 16.6. The summed E-state index contributed by atoms with van der Waals surface area (Å²) in [5.41, 5.74) is 0.475. The number of nitrogens with one attached hydrogen (secondary N) is 1. The van der Waals surface area contributed by atoms with Crippen molar-refractivity contribution < 1.29 is 23.4 Å². The lowest BCUT2D eigenvalue weighted by molar-refractivity contribution is 0.0508. The monoisotopic (exact) mass is 433 g/mol. The van der Waals surface area contributed by atoms with Gasteiger partial charge in [0.25, 0.3) is 7.37 Å². The Morgan fingerprint density at radius 3 is 2.27 bits per heavy atom. The molecule has 0 saturated heterocycles. The van der Waals surface area contributed by atoms with E-state index in [1.165, 1.54) is 0 Å². The average Bonchev–Trinajstić information content (AvgIpc) is 2.66. The Labute approximate surface area is 179 Å². The largest absolute Gasteiger partial charge is 0.483 e. The van der Waals surface area contributed by atoms with Crippen LogP contribution in [0.4, 0.5) is 4.79 Å². The van der Waals surface area contributed by atoms with E-state index in [1.54, 1.807) is 12.1 Å². The van der Waals surface area contributed by atoms with Crippen LogP contribution in [0.15, 0.2) is 54.6 Å². The van der Waals surface area contributed by atoms with Gasteiger partial charge in [-0.05, 0) is 70.9 Å². The summed E-state index contributed by atoms with van der Waals surface area (Å²) in [4.78, 5) is 11.9. The number of hydrogen-bond acceptors (Lipinski definition) is 5. The minimum absolute atomic E-state index is 0.0270. The molecule has 0 aliphatic carbocycles. The van der Waals surface area contributed by atoms with Crippen LogP contribution in [0.2, 0.25) is 0 Å². The van der Waals surface area contributed by atoms with Crippen LogP contribution in [0.1, 0.15) is 40.2 Å². The summed E-state index contributed by atoms with van der Waals surface area (Å²) in [6.45, 7) is 9.54. The molecule has 0 aliphatic heterocycles. The molecule has 2 unspecified atom stereocenters. The van der Waals surface area contributed by atoms with Gasteiger partial charge in [0.1, 0.15) is 11.4 Å². The first-order chi connectivity index (χ1) is 14.1. The first-order valence-corrected chi connectivity index (χ1v) is 11.9. The van der Waals surface area contributed by atoms with Gasteiger partial charge in [-0.3, -0.25) is 4.57 Å². The van der Waals surface area contributed by atoms with Gasteiger partial charge >= 0.3 is 6.09 Å². The first-order valence-electron chi connectivity index (χ1n) is 10.1. The molecule has 0 aromatic heterocycles. The Kier molecular flexibility index (Phi) is 8.51. The number of rotatable bonds is 9. The van der Waals surface area contributed by atoms with Crippen molar-refractivity contribution in [2.24, 2.45) is 0 Å². The molecule has 2 aromatic rings. The van der Waals surface area contributed by atoms with Crippen LogP contribution < -0.4 is 15.4 Å². The molecule has 0 aliphatic rings. The average molecular weight is 433 g/mol. The topological polar surface area (TPSA) is 73.9 Å². The Morgan fingerprint density at radius 2 is 1.70 bits per heavy atom. The van der Waals surface area contributed by atoms with Gasteiger partial charge in [0, 0.05) is 11.3 Å². The van der Waals surface area contributed by atoms with E-state index in [1.807, 2.05) is 77.1 Å². The second kappa shape index (κ2) is 10.6. The number of ether oxygens (including phenoxy) is 2. The Morgan fingerprint density at radius 1 is 1.07 bits per heavy atom. The summed E-state index contributed by atoms with van der Waals surface area (Å²) < 4.78 is 30.0. The number of amides is 1. The highest BCUT2D eigenvalue weighted by molar-refractivity contribution is 7.66. The Balaban J connectivity index is 2.00. The SMILES string of the molecule is CCOP(=O)(COc1ccccc1)c1ccc(CC(C)NC(=O)OC(C)(C)C)cc1. The van der Waals surface area contributed by atoms with E-state index in [4.69, 9.17) is 14.0 Å². The standard InChI is InChI=1S/C23H32NO5P/c1-6-28-30(26,17-27-20-10-8-7-9-11-20)21-14-12-19(13-15-21)16-18(2)24-22(25)29-23(3,4)5/h7-15,18H,6,16-17H2,1-5H3,(H,24,25). The Bertz CT molecular complexity index is 846. The van der Waals surface area contributed by atoms with Gasteiger partial charge in [-0.1, -0.05) is 30.3 Å². The molecule has 6 nitrogen and oxygen atoms in total. The zero-order valence-corrected chi connectivity index (χ0v) is 19.3. The van der Waals surface area contributed by atoms with Crippen LogP contribution in [0.3, 0.4) is 0 Å². The van der Waals surface area contributed by atoms with Gasteiger partial charge in [0.15, 0.2) is 6.35 Å². The molecular weight excluding hydrogens is 401 g/mol. The first kappa shape index (κ1) is 24.0. The molecule has 0 radical (unpaired) electrons. The van der Waals surface area contributed by atoms with E-state index in [2.05, 4.69) is 5.32 Å². The molecule has 2 atom stereocenters. The summed E-state index contributed by atoms with van der Waals surface area (Å²) in [6.07, 6.45) is 0.158. The number of para-hydroxylation sites is 1. The highest BCUT2D eigenvalue weighted by atomic mass is 31.2. The predicted octanol–water partition coefficient (Wildman–Crippen LogP) is 5.12. The van der Waals surface area contributed by atoms with E-state index in [9.17, 15) is 9.36 Å². The highest BCUT2D eigenvalue weighted by Crippen LogP contribution is 2.45. The lowest BCUT2D eigenvalue weighted by Gasteiger charge is -2.22. The molecule has 30 heavy (non-hydrogen) atoms. The molecule has 1 N–H and O–H groups in total. The van der Waals surface area contributed by atoms with Gasteiger partial charge in [-0.25, -0.2) is 4.79 Å². The third kappa shape index (κ3) is 7.85. The lowest BCUT2D eigenvalue weighted by Crippen LogP contribution is -2.38. The van der Waals surface area contributed by atoms with Gasteiger partial charge in [-0.2, -0.15) is 0 Å². The molecule has 2 rings (SSSR count). The summed E-state index contributed by atoms with van der Waals surface area (Å²) in [5.74, 6) is 0.649. The molecule has 0 saturated carbocycles. The Hall–Kier alpha value is -2.30. The van der Waals surface area contributed by atoms with Crippen LogP contribution in [0, 0.1) is 0 Å². The van der Waals surface area contributed by atoms with Crippen molar-refractivity contribution in [3.8, 4) is 5.75 Å². The van der Waals surface area contributed by atoms with Crippen molar-refractivity contribution in [2.75, 3.05) is 13.0 Å². The molecule has 0 fully saturated rings. The maximum absolute atomic E-state index is 13.4. The second-order valence-corrected chi connectivity index (χ2v) is 10.5. The number of benzene rings is 2. The fourth-order valence-corrected chi connectivity index (χ4v) is 4.56. The fourth-order valence-electron chi connectivity index (χ4n) is 2.84. The number of carbonyl (C=O) groups is 1. The van der Waals surface area contributed by atoms with E-state index in [0.29, 0.717) is 24.1 Å². The number of alkyl carbamates (subject to hydrolysis) is 1. The van der Waals surface area contributed by atoms with Crippen LogP contribution in [0.25, 0.3) is 0 Å². The third-order valence-corrected chi connectivity index (χ3v) is 6.35. The van der Waals surface area contributed by atoms with E-state index in [0.717, 1.165) is 5.56 Å². The van der Waals surface area contributed by atoms with Gasteiger partial charge in [0.2, 0.25) is 0 Å². The van der Waals surface area contributed by atoms with Gasteiger partial charge in [-0.15, -0.1) is 0 Å². The smallest absolute Gasteiger partial charge is 0.407 e. The van der Waals surface area contributed by atoms with Crippen LogP contribution >= 0.6 is 7.37 Å². The fraction of sp³-hybridized carbons (Fsp3) is 0.435. The quantitative estimate of drug-likeness (QED) is 0.556. The normalized spacial score (nSPS) is 14.4. The molecule has 2 aromatic carbocycles. The third-order valence-electron chi connectivity index (χ3n) is 4.12. The van der Waals surface area contributed by atoms with E-state index in [-0.39, 0.29) is 12.4 Å². The summed E-state index contributed by atoms with van der Waals surface area (Å²) in [5, 5.41) is 3.44. The van der Waals surface area contributed by atoms with Crippen molar-refractivity contribution in [3.63, 3.8) is 0 Å². The summed E-state index contributed by atoms with van der Waals surface area (Å²) in [7, 11) is -3.15. The molecule has 1 amide bonds. The lowest BCUT2D eigenvalue weighted by atomic mass is 10.1. The van der Waals surface area contributed by atoms with E-state index < -0.39 is 19.1 Å². The highest BCUT2D eigenvalue weighted by Gasteiger charge is 2.27. The maximum atomic E-state index is 13.4. The van der Waals surface area contributed by atoms with Crippen molar-refractivity contribution in [1.82, 2.24) is 5.32 Å². The zero-order chi connectivity index (χ0) is 22.2. The molecule has 164 valence electrons.